The molecule has 12 heteroatoms. The topological polar surface area (TPSA) is 99.6 Å². The summed E-state index contributed by atoms with van der Waals surface area (Å²) in [4.78, 5) is 23.7. The number of aliphatic hydroxyl groups excluding tert-OH is 1. The Hall–Kier alpha value is -4.06. The van der Waals surface area contributed by atoms with Crippen LogP contribution >= 0.6 is 23.2 Å². The van der Waals surface area contributed by atoms with Crippen molar-refractivity contribution in [3.05, 3.63) is 99.7 Å². The van der Waals surface area contributed by atoms with Crippen molar-refractivity contribution in [1.29, 1.82) is 0 Å². The monoisotopic (exact) mass is 661 g/mol. The summed E-state index contributed by atoms with van der Waals surface area (Å²) in [6, 6.07) is 20.2. The Morgan fingerprint density at radius 1 is 0.935 bits per heavy atom. The Balaban J connectivity index is 0.891. The van der Waals surface area contributed by atoms with Gasteiger partial charge in [0.1, 0.15) is 12.0 Å². The summed E-state index contributed by atoms with van der Waals surface area (Å²) >= 11 is 12.0. The predicted octanol–water partition coefficient (Wildman–Crippen LogP) is 5.66. The number of nitrogens with one attached hydrogen (secondary N) is 1. The Bertz CT molecular complexity index is 1730. The molecule has 0 spiro atoms. The fraction of sp³-hybridized carbons (Fsp3) is 0.294. The molecule has 2 N–H and O–H groups in total. The molecular formula is C34H33Cl2N5O5. The van der Waals surface area contributed by atoms with Crippen molar-refractivity contribution < 1.29 is 24.1 Å². The second-order valence-corrected chi connectivity index (χ2v) is 12.4. The SMILES string of the molecule is O=C(Nc1ccc(Oc2ccc3c(c2)CCN3CC(O)N2CCN(Cc3ccc4c(c3)OCO4)CC2)nc1)c1ccc(Cl)c(Cl)c1. The molecule has 1 fully saturated rings. The van der Waals surface area contributed by atoms with Crippen molar-refractivity contribution in [2.24, 2.45) is 0 Å². The lowest BCUT2D eigenvalue weighted by Gasteiger charge is -2.38. The highest BCUT2D eigenvalue weighted by atomic mass is 35.5. The number of carbonyl (C=O) groups excluding carboxylic acids is 1. The summed E-state index contributed by atoms with van der Waals surface area (Å²) in [6.07, 6.45) is 1.86. The van der Waals surface area contributed by atoms with Crippen LogP contribution < -0.4 is 24.4 Å². The van der Waals surface area contributed by atoms with Crippen molar-refractivity contribution in [1.82, 2.24) is 14.8 Å². The van der Waals surface area contributed by atoms with Crippen molar-refractivity contribution >= 4 is 40.5 Å². The van der Waals surface area contributed by atoms with E-state index in [0.29, 0.717) is 39.5 Å². The van der Waals surface area contributed by atoms with E-state index in [1.807, 2.05) is 24.3 Å². The summed E-state index contributed by atoms with van der Waals surface area (Å²) in [5, 5.41) is 14.6. The number of rotatable bonds is 9. The molecule has 4 aromatic rings. The number of ether oxygens (including phenoxy) is 3. The summed E-state index contributed by atoms with van der Waals surface area (Å²) in [5.41, 5.74) is 4.40. The first-order chi connectivity index (χ1) is 22.4. The van der Waals surface area contributed by atoms with E-state index in [4.69, 9.17) is 37.4 Å². The summed E-state index contributed by atoms with van der Waals surface area (Å²) in [6.45, 7) is 5.92. The van der Waals surface area contributed by atoms with E-state index < -0.39 is 6.23 Å². The highest BCUT2D eigenvalue weighted by molar-refractivity contribution is 6.42. The van der Waals surface area contributed by atoms with Gasteiger partial charge in [0.25, 0.3) is 5.91 Å². The van der Waals surface area contributed by atoms with E-state index in [2.05, 4.69) is 37.1 Å². The molecule has 7 rings (SSSR count). The van der Waals surface area contributed by atoms with Gasteiger partial charge in [0.05, 0.1) is 28.5 Å². The molecule has 3 aliphatic rings. The number of halogens is 2. The Morgan fingerprint density at radius 2 is 1.78 bits per heavy atom. The van der Waals surface area contributed by atoms with Gasteiger partial charge in [-0.3, -0.25) is 14.6 Å². The number of piperazine rings is 1. The molecule has 0 radical (unpaired) electrons. The molecule has 238 valence electrons. The first-order valence-corrected chi connectivity index (χ1v) is 15.9. The second-order valence-electron chi connectivity index (χ2n) is 11.5. The van der Waals surface area contributed by atoms with Crippen molar-refractivity contribution in [3.63, 3.8) is 0 Å². The number of benzene rings is 3. The standard InChI is InChI=1S/C34H33Cl2N5O5/c35-27-5-2-24(17-28(27)36)34(43)38-25-3-8-32(37-18-25)46-26-4-6-29-23(16-26)9-10-41(29)20-33(42)40-13-11-39(12-14-40)19-22-1-7-30-31(15-22)45-21-44-30/h1-8,15-18,33,42H,9-14,19-21H2,(H,38,43). The minimum atomic E-state index is -0.547. The van der Waals surface area contributed by atoms with E-state index in [-0.39, 0.29) is 12.7 Å². The number of aromatic nitrogens is 1. The van der Waals surface area contributed by atoms with Gasteiger partial charge in [0, 0.05) is 56.6 Å². The molecule has 0 saturated carbocycles. The zero-order valence-corrected chi connectivity index (χ0v) is 26.5. The lowest BCUT2D eigenvalue weighted by atomic mass is 10.1. The van der Waals surface area contributed by atoms with E-state index in [0.717, 1.165) is 62.9 Å². The largest absolute Gasteiger partial charge is 0.454 e. The van der Waals surface area contributed by atoms with E-state index >= 15 is 0 Å². The third kappa shape index (κ3) is 6.86. The fourth-order valence-electron chi connectivity index (χ4n) is 6.01. The van der Waals surface area contributed by atoms with Gasteiger partial charge in [0.2, 0.25) is 12.7 Å². The van der Waals surface area contributed by atoms with Crippen LogP contribution in [0, 0.1) is 0 Å². The van der Waals surface area contributed by atoms with E-state index in [1.54, 1.807) is 30.5 Å². The van der Waals surface area contributed by atoms with Crippen LogP contribution in [0.15, 0.2) is 72.9 Å². The van der Waals surface area contributed by atoms with Gasteiger partial charge in [-0.15, -0.1) is 0 Å². The average molecular weight is 663 g/mol. The molecular weight excluding hydrogens is 629 g/mol. The third-order valence-electron chi connectivity index (χ3n) is 8.50. The van der Waals surface area contributed by atoms with Gasteiger partial charge in [-0.1, -0.05) is 29.3 Å². The number of fused-ring (bicyclic) bond motifs is 2. The molecule has 0 aliphatic carbocycles. The van der Waals surface area contributed by atoms with Gasteiger partial charge < -0.3 is 29.5 Å². The molecule has 1 atom stereocenters. The lowest BCUT2D eigenvalue weighted by Crippen LogP contribution is -2.53. The minimum Gasteiger partial charge on any atom is -0.454 e. The Kier molecular flexibility index (Phi) is 8.88. The highest BCUT2D eigenvalue weighted by Gasteiger charge is 2.27. The van der Waals surface area contributed by atoms with Crippen LogP contribution in [0.2, 0.25) is 10.0 Å². The van der Waals surface area contributed by atoms with Crippen LogP contribution in [0.5, 0.6) is 23.1 Å². The quantitative estimate of drug-likeness (QED) is 0.235. The maximum atomic E-state index is 12.5. The second kappa shape index (κ2) is 13.4. The van der Waals surface area contributed by atoms with Crippen molar-refractivity contribution in [2.45, 2.75) is 19.2 Å². The summed E-state index contributed by atoms with van der Waals surface area (Å²) < 4.78 is 16.9. The third-order valence-corrected chi connectivity index (χ3v) is 9.24. The molecule has 1 amide bonds. The maximum absolute atomic E-state index is 12.5. The summed E-state index contributed by atoms with van der Waals surface area (Å²) in [5.74, 6) is 2.39. The molecule has 0 bridgehead atoms. The number of aliphatic hydroxyl groups is 1. The zero-order valence-electron chi connectivity index (χ0n) is 25.0. The molecule has 3 aromatic carbocycles. The van der Waals surface area contributed by atoms with Gasteiger partial charge in [0.15, 0.2) is 11.5 Å². The van der Waals surface area contributed by atoms with Gasteiger partial charge in [-0.2, -0.15) is 0 Å². The molecule has 10 nitrogen and oxygen atoms in total. The van der Waals surface area contributed by atoms with E-state index in [9.17, 15) is 9.90 Å². The number of nitrogens with zero attached hydrogens (tertiary/aromatic N) is 4. The molecule has 3 aliphatic heterocycles. The van der Waals surface area contributed by atoms with Crippen LogP contribution in [-0.2, 0) is 13.0 Å². The van der Waals surface area contributed by atoms with Gasteiger partial charge in [-0.25, -0.2) is 4.98 Å². The number of amides is 1. The average Bonchev–Trinajstić information content (AvgIpc) is 3.70. The highest BCUT2D eigenvalue weighted by Crippen LogP contribution is 2.34. The van der Waals surface area contributed by atoms with Crippen molar-refractivity contribution in [2.75, 3.05) is 56.3 Å². The molecule has 1 unspecified atom stereocenters. The normalized spacial score (nSPS) is 16.7. The Labute approximate surface area is 277 Å². The minimum absolute atomic E-state index is 0.283. The van der Waals surface area contributed by atoms with Crippen LogP contribution in [0.1, 0.15) is 21.5 Å². The number of hydrogen-bond acceptors (Lipinski definition) is 9. The first kappa shape index (κ1) is 30.6. The number of carbonyl (C=O) groups is 1. The zero-order chi connectivity index (χ0) is 31.6. The number of hydrogen-bond donors (Lipinski definition) is 2. The van der Waals surface area contributed by atoms with Crippen LogP contribution in [-0.4, -0.2) is 78.1 Å². The number of β-amino-alcohol motifs (C(OH)–C–C–N with tert-alkyl or cyclic N) is 1. The lowest BCUT2D eigenvalue weighted by molar-refractivity contribution is -0.0210. The molecule has 1 saturated heterocycles. The predicted molar refractivity (Wildman–Crippen MR) is 177 cm³/mol. The van der Waals surface area contributed by atoms with Crippen LogP contribution in [0.3, 0.4) is 0 Å². The van der Waals surface area contributed by atoms with Crippen LogP contribution in [0.4, 0.5) is 11.4 Å². The summed E-state index contributed by atoms with van der Waals surface area (Å²) in [7, 11) is 0. The first-order valence-electron chi connectivity index (χ1n) is 15.2. The van der Waals surface area contributed by atoms with Gasteiger partial charge >= 0.3 is 0 Å². The molecule has 1 aromatic heterocycles. The maximum Gasteiger partial charge on any atom is 0.255 e. The number of pyridine rings is 1. The molecule has 4 heterocycles. The van der Waals surface area contributed by atoms with E-state index in [1.165, 1.54) is 17.2 Å². The smallest absolute Gasteiger partial charge is 0.255 e. The van der Waals surface area contributed by atoms with Crippen LogP contribution in [0.25, 0.3) is 0 Å². The fourth-order valence-corrected chi connectivity index (χ4v) is 6.30. The Morgan fingerprint density at radius 3 is 2.59 bits per heavy atom. The number of anilines is 2. The van der Waals surface area contributed by atoms with Gasteiger partial charge in [-0.05, 0) is 72.1 Å². The molecule has 46 heavy (non-hydrogen) atoms. The van der Waals surface area contributed by atoms with Crippen molar-refractivity contribution in [3.8, 4) is 23.1 Å².